The monoisotopic (exact) mass is 655 g/mol. The number of aromatic nitrogens is 2. The summed E-state index contributed by atoms with van der Waals surface area (Å²) in [5.74, 6) is -1.13. The van der Waals surface area contributed by atoms with Gasteiger partial charge in [-0.2, -0.15) is 15.2 Å². The van der Waals surface area contributed by atoms with Gasteiger partial charge in [-0.25, -0.2) is 4.39 Å². The number of hydrogen-bond acceptors (Lipinski definition) is 10. The maximum Gasteiger partial charge on any atom is 0.318 e. The largest absolute Gasteiger partial charge is 0.462 e. The number of carbonyl (C=O) groups is 1. The number of nitriles is 1. The molecule has 0 radical (unpaired) electrons. The van der Waals surface area contributed by atoms with E-state index in [9.17, 15) is 24.7 Å². The smallest absolute Gasteiger partial charge is 0.318 e. The van der Waals surface area contributed by atoms with Crippen LogP contribution in [0.1, 0.15) is 36.1 Å². The van der Waals surface area contributed by atoms with Crippen LogP contribution in [0.25, 0.3) is 16.8 Å². The fourth-order valence-electron chi connectivity index (χ4n) is 7.28. The summed E-state index contributed by atoms with van der Waals surface area (Å²) in [4.78, 5) is 30.3. The number of fused-ring (bicyclic) bond motifs is 2. The first-order chi connectivity index (χ1) is 23.3. The molecule has 11 nitrogen and oxygen atoms in total. The number of ether oxygens (including phenoxy) is 1. The molecular weight excluding hydrogens is 613 g/mol. The van der Waals surface area contributed by atoms with Crippen molar-refractivity contribution in [3.05, 3.63) is 72.2 Å². The van der Waals surface area contributed by atoms with Crippen molar-refractivity contribution < 1.29 is 24.1 Å². The van der Waals surface area contributed by atoms with Gasteiger partial charge < -0.3 is 29.6 Å². The molecular formula is C36H42FN7O4. The van der Waals surface area contributed by atoms with E-state index in [0.717, 1.165) is 59.2 Å². The highest BCUT2D eigenvalue weighted by molar-refractivity contribution is 6.00. The van der Waals surface area contributed by atoms with Crippen LogP contribution in [0, 0.1) is 11.3 Å². The molecule has 2 N–H and O–H groups in total. The van der Waals surface area contributed by atoms with Crippen LogP contribution in [0.15, 0.2) is 55.4 Å². The number of likely N-dealkylation sites (tertiary alicyclic amines) is 1. The van der Waals surface area contributed by atoms with E-state index in [1.165, 1.54) is 4.90 Å². The Morgan fingerprint density at radius 1 is 1.15 bits per heavy atom. The third-order valence-corrected chi connectivity index (χ3v) is 9.66. The van der Waals surface area contributed by atoms with E-state index in [0.29, 0.717) is 45.0 Å². The SMILES string of the molecule is C=Cc1cccc2cccc(N3CCc4c(nc(OC[C@@H]5CCCN5CC(O)CO)nc4N4CCN(C(=O)C(=C)F)[C@@H](CC#N)C4)C3)c12. The summed E-state index contributed by atoms with van der Waals surface area (Å²) in [6.07, 6.45) is 3.62. The van der Waals surface area contributed by atoms with Crippen molar-refractivity contribution in [3.8, 4) is 12.1 Å². The van der Waals surface area contributed by atoms with Gasteiger partial charge in [-0.15, -0.1) is 0 Å². The van der Waals surface area contributed by atoms with Gasteiger partial charge in [-0.1, -0.05) is 49.6 Å². The Morgan fingerprint density at radius 3 is 2.71 bits per heavy atom. The first-order valence-electron chi connectivity index (χ1n) is 16.5. The molecule has 3 atom stereocenters. The number of halogens is 1. The fourth-order valence-corrected chi connectivity index (χ4v) is 7.28. The Balaban J connectivity index is 1.33. The van der Waals surface area contributed by atoms with Gasteiger partial charge in [0.15, 0.2) is 5.83 Å². The molecule has 252 valence electrons. The van der Waals surface area contributed by atoms with Gasteiger partial charge in [-0.3, -0.25) is 9.69 Å². The summed E-state index contributed by atoms with van der Waals surface area (Å²) < 4.78 is 20.2. The van der Waals surface area contributed by atoms with E-state index in [4.69, 9.17) is 14.7 Å². The Bertz CT molecular complexity index is 1720. The fraction of sp³-hybridized carbons (Fsp3) is 0.444. The molecule has 0 saturated carbocycles. The van der Waals surface area contributed by atoms with Gasteiger partial charge in [0.25, 0.3) is 5.91 Å². The third kappa shape index (κ3) is 6.85. The highest BCUT2D eigenvalue weighted by Crippen LogP contribution is 2.36. The van der Waals surface area contributed by atoms with Gasteiger partial charge in [0.05, 0.1) is 43.5 Å². The van der Waals surface area contributed by atoms with Gasteiger partial charge in [0.2, 0.25) is 0 Å². The van der Waals surface area contributed by atoms with Crippen molar-refractivity contribution in [2.45, 2.75) is 50.4 Å². The van der Waals surface area contributed by atoms with E-state index < -0.39 is 23.9 Å². The lowest BCUT2D eigenvalue weighted by Crippen LogP contribution is -2.55. The summed E-state index contributed by atoms with van der Waals surface area (Å²) in [5, 5.41) is 31.2. The molecule has 0 spiro atoms. The second-order valence-electron chi connectivity index (χ2n) is 12.7. The summed E-state index contributed by atoms with van der Waals surface area (Å²) >= 11 is 0. The number of anilines is 2. The number of nitrogens with zero attached hydrogens (tertiary/aromatic N) is 7. The van der Waals surface area contributed by atoms with Crippen LogP contribution in [0.3, 0.4) is 0 Å². The molecule has 3 aliphatic rings. The minimum absolute atomic E-state index is 0.0437. The Labute approximate surface area is 280 Å². The molecule has 12 heteroatoms. The molecule has 48 heavy (non-hydrogen) atoms. The molecule has 3 aromatic rings. The summed E-state index contributed by atoms with van der Waals surface area (Å²) in [7, 11) is 0. The molecule has 0 bridgehead atoms. The number of benzene rings is 2. The molecule has 1 amide bonds. The summed E-state index contributed by atoms with van der Waals surface area (Å²) in [5.41, 5.74) is 3.97. The second kappa shape index (κ2) is 14.7. The van der Waals surface area contributed by atoms with Crippen molar-refractivity contribution in [2.24, 2.45) is 0 Å². The van der Waals surface area contributed by atoms with E-state index in [1.807, 2.05) is 12.1 Å². The average Bonchev–Trinajstić information content (AvgIpc) is 3.55. The minimum Gasteiger partial charge on any atom is -0.462 e. The first-order valence-corrected chi connectivity index (χ1v) is 16.5. The molecule has 1 unspecified atom stereocenters. The predicted octanol–water partition coefficient (Wildman–Crippen LogP) is 3.45. The number of β-amino-alcohol motifs (C(OH)–C–C–N with tert-alkyl or cyclic N) is 1. The molecule has 2 saturated heterocycles. The lowest BCUT2D eigenvalue weighted by atomic mass is 9.99. The zero-order valence-corrected chi connectivity index (χ0v) is 27.1. The Morgan fingerprint density at radius 2 is 1.96 bits per heavy atom. The number of hydrogen-bond donors (Lipinski definition) is 2. The maximum atomic E-state index is 13.9. The number of piperazine rings is 1. The van der Waals surface area contributed by atoms with Gasteiger partial charge in [0, 0.05) is 55.4 Å². The van der Waals surface area contributed by atoms with E-state index in [1.54, 1.807) is 0 Å². The lowest BCUT2D eigenvalue weighted by molar-refractivity contribution is -0.131. The maximum absolute atomic E-state index is 13.9. The quantitative estimate of drug-likeness (QED) is 0.297. The highest BCUT2D eigenvalue weighted by Gasteiger charge is 2.35. The number of rotatable bonds is 11. The summed E-state index contributed by atoms with van der Waals surface area (Å²) in [6.45, 7) is 10.6. The van der Waals surface area contributed by atoms with Crippen molar-refractivity contribution in [1.82, 2.24) is 19.8 Å². The van der Waals surface area contributed by atoms with Crippen LogP contribution in [-0.4, -0.2) is 107 Å². The van der Waals surface area contributed by atoms with Crippen LogP contribution in [-0.2, 0) is 17.8 Å². The van der Waals surface area contributed by atoms with Crippen molar-refractivity contribution in [2.75, 3.05) is 62.3 Å². The molecule has 4 heterocycles. The molecule has 6 rings (SSSR count). The van der Waals surface area contributed by atoms with Crippen LogP contribution < -0.4 is 14.5 Å². The minimum atomic E-state index is -1.04. The molecule has 2 aromatic carbocycles. The van der Waals surface area contributed by atoms with E-state index in [2.05, 4.69) is 64.3 Å². The van der Waals surface area contributed by atoms with Crippen molar-refractivity contribution in [3.63, 3.8) is 0 Å². The normalized spacial score (nSPS) is 20.3. The number of aliphatic hydroxyl groups is 2. The predicted molar refractivity (Wildman–Crippen MR) is 182 cm³/mol. The first kappa shape index (κ1) is 33.3. The van der Waals surface area contributed by atoms with Gasteiger partial charge in [0.1, 0.15) is 12.4 Å². The summed E-state index contributed by atoms with van der Waals surface area (Å²) in [6, 6.07) is 14.4. The zero-order chi connectivity index (χ0) is 33.8. The van der Waals surface area contributed by atoms with Crippen LogP contribution >= 0.6 is 0 Å². The Kier molecular flexibility index (Phi) is 10.2. The Hall–Kier alpha value is -4.57. The van der Waals surface area contributed by atoms with Crippen LogP contribution in [0.5, 0.6) is 6.01 Å². The standard InChI is InChI=1S/C36H42FN7O4/c1-3-25-7-4-8-26-9-5-11-32(33(25)26)42-16-13-30-31(21-42)39-36(48-23-28-10-6-15-41(28)20-29(46)22-45)40-34(30)43-17-18-44(35(47)24(2)37)27(19-43)12-14-38/h3-5,7-9,11,27-29,45-46H,1-2,6,10,12-13,15-23H2/t27-,28-,29?/m0/s1. The van der Waals surface area contributed by atoms with Crippen molar-refractivity contribution >= 4 is 34.3 Å². The average molecular weight is 656 g/mol. The molecule has 3 aliphatic heterocycles. The van der Waals surface area contributed by atoms with Gasteiger partial charge >= 0.3 is 6.01 Å². The van der Waals surface area contributed by atoms with E-state index in [-0.39, 0.29) is 31.6 Å². The molecule has 2 fully saturated rings. The van der Waals surface area contributed by atoms with E-state index >= 15 is 0 Å². The van der Waals surface area contributed by atoms with Gasteiger partial charge in [-0.05, 0) is 42.8 Å². The van der Waals surface area contributed by atoms with Crippen molar-refractivity contribution in [1.29, 1.82) is 5.26 Å². The number of amides is 1. The topological polar surface area (TPSA) is 129 Å². The second-order valence-corrected chi connectivity index (χ2v) is 12.7. The number of carbonyl (C=O) groups excluding carboxylic acids is 1. The lowest BCUT2D eigenvalue weighted by Gasteiger charge is -2.42. The highest BCUT2D eigenvalue weighted by atomic mass is 19.1. The van der Waals surface area contributed by atoms with Crippen LogP contribution in [0.4, 0.5) is 15.9 Å². The zero-order valence-electron chi connectivity index (χ0n) is 27.1. The number of aliphatic hydroxyl groups excluding tert-OH is 2. The third-order valence-electron chi connectivity index (χ3n) is 9.66. The molecule has 1 aromatic heterocycles. The molecule has 0 aliphatic carbocycles. The van der Waals surface area contributed by atoms with Crippen LogP contribution in [0.2, 0.25) is 0 Å².